The SMILES string of the molecule is CC(C)(C)S(=O)(=O)C[C@H](C1CC1)N1C(=O)[C@@](C)(Cc2ccc(C(=O)O)c[n+]2[O-])O[C@H](c2cccc(Cl)c2)[C@H]1c1ccc(Cl)cc1.CC(C)(C)S(=O)(=O)C[C@H](C1CC1)N1C(=O)[C@](C)(Cc2ccc(C(=O)O)c[n+]2[O-])O[C@H](c2cccc(Cl)c2)[C@H]1c1ccc(Cl)cc1. The van der Waals surface area contributed by atoms with E-state index in [4.69, 9.17) is 55.9 Å². The van der Waals surface area contributed by atoms with Gasteiger partial charge < -0.3 is 39.9 Å². The predicted molar refractivity (Wildman–Crippen MR) is 342 cm³/mol. The maximum atomic E-state index is 14.9. The van der Waals surface area contributed by atoms with Crippen LogP contribution < -0.4 is 9.46 Å². The summed E-state index contributed by atoms with van der Waals surface area (Å²) in [4.78, 5) is 56.0. The smallest absolute Gasteiger partial charge is 0.341 e. The van der Waals surface area contributed by atoms with E-state index in [1.165, 1.54) is 24.3 Å². The van der Waals surface area contributed by atoms with E-state index in [1.807, 2.05) is 12.1 Å². The Hall–Kier alpha value is -6.36. The molecule has 480 valence electrons. The number of carboxylic acids is 2. The maximum Gasteiger partial charge on any atom is 0.341 e. The van der Waals surface area contributed by atoms with Gasteiger partial charge in [0.15, 0.2) is 54.7 Å². The number of aromatic nitrogens is 2. The first-order chi connectivity index (χ1) is 42.0. The third-order valence-corrected chi connectivity index (χ3v) is 23.6. The van der Waals surface area contributed by atoms with Gasteiger partial charge in [0, 0.05) is 44.3 Å². The van der Waals surface area contributed by atoms with Crippen LogP contribution in [-0.2, 0) is 51.6 Å². The average molecular weight is 1350 g/mol. The Balaban J connectivity index is 0.000000213. The zero-order chi connectivity index (χ0) is 65.8. The maximum absolute atomic E-state index is 14.9. The van der Waals surface area contributed by atoms with E-state index in [2.05, 4.69) is 0 Å². The van der Waals surface area contributed by atoms with Gasteiger partial charge in [-0.25, -0.2) is 26.4 Å². The summed E-state index contributed by atoms with van der Waals surface area (Å²) in [5.41, 5.74) is -0.698. The number of ether oxygens (including phenoxy) is 2. The number of carbonyl (C=O) groups excluding carboxylic acids is 2. The summed E-state index contributed by atoms with van der Waals surface area (Å²) in [5, 5.41) is 46.5. The van der Waals surface area contributed by atoms with Crippen LogP contribution >= 0.6 is 46.4 Å². The second-order valence-corrected chi connectivity index (χ2v) is 33.4. The molecule has 2 saturated heterocycles. The number of carbonyl (C=O) groups is 4. The standard InChI is InChI=1S/2C33H36Cl2N2O7S/c2*1-32(2,3)45(42,43)19-27(20-8-9-20)37-28(21-10-13-24(34)14-11-21)29(22-6-5-7-25(35)16-22)44-33(4,31(37)40)17-26-15-12-23(30(38)39)18-36(26)41/h2*5-7,10-16,18,20,27-29H,8-9,17,19H2,1-4H3,(H,38,39)/t27-,28-,29-,33+;27-,28-,29-,33-/m11/s1. The van der Waals surface area contributed by atoms with Crippen molar-refractivity contribution in [1.82, 2.24) is 9.80 Å². The Kier molecular flexibility index (Phi) is 19.6. The van der Waals surface area contributed by atoms with Gasteiger partial charge in [0.05, 0.1) is 45.9 Å². The van der Waals surface area contributed by atoms with Gasteiger partial charge in [0.25, 0.3) is 11.8 Å². The van der Waals surface area contributed by atoms with Gasteiger partial charge in [0.1, 0.15) is 23.3 Å². The molecule has 2 aliphatic carbocycles. The molecule has 6 aromatic rings. The molecule has 4 fully saturated rings. The van der Waals surface area contributed by atoms with E-state index in [9.17, 15) is 56.6 Å². The molecule has 10 rings (SSSR count). The lowest BCUT2D eigenvalue weighted by Crippen LogP contribution is -2.63. The Morgan fingerprint density at radius 3 is 1.16 bits per heavy atom. The van der Waals surface area contributed by atoms with Crippen LogP contribution in [0.3, 0.4) is 0 Å². The number of nitrogens with zero attached hydrogens (tertiary/aromatic N) is 4. The number of aromatic carboxylic acids is 2. The number of carboxylic acid groups (broad SMARTS) is 2. The van der Waals surface area contributed by atoms with Gasteiger partial charge >= 0.3 is 11.9 Å². The molecule has 2 N–H and O–H groups in total. The number of sulfone groups is 2. The number of amides is 2. The third kappa shape index (κ3) is 14.8. The summed E-state index contributed by atoms with van der Waals surface area (Å²) in [7, 11) is -7.36. The number of hydrogen-bond acceptors (Lipinski definition) is 12. The molecular formula is C66H72Cl4N4O14S2. The van der Waals surface area contributed by atoms with Crippen molar-refractivity contribution in [2.75, 3.05) is 11.5 Å². The molecule has 4 heterocycles. The molecule has 2 aliphatic heterocycles. The van der Waals surface area contributed by atoms with Crippen molar-refractivity contribution in [2.24, 2.45) is 11.8 Å². The fourth-order valence-corrected chi connectivity index (χ4v) is 15.1. The van der Waals surface area contributed by atoms with Crippen LogP contribution in [0, 0.1) is 22.3 Å². The van der Waals surface area contributed by atoms with E-state index in [0.29, 0.717) is 51.8 Å². The molecule has 18 nitrogen and oxygen atoms in total. The molecule has 0 unspecified atom stereocenters. The van der Waals surface area contributed by atoms with Gasteiger partial charge in [0.2, 0.25) is 0 Å². The number of morpholine rings is 2. The lowest BCUT2D eigenvalue weighted by atomic mass is 9.85. The normalized spacial score (nSPS) is 23.2. The third-order valence-electron chi connectivity index (χ3n) is 17.3. The molecule has 90 heavy (non-hydrogen) atoms. The van der Waals surface area contributed by atoms with Crippen molar-refractivity contribution in [2.45, 2.75) is 151 Å². The Bertz CT molecular complexity index is 3700. The Morgan fingerprint density at radius 2 is 0.878 bits per heavy atom. The molecule has 2 saturated carbocycles. The highest BCUT2D eigenvalue weighted by atomic mass is 35.5. The van der Waals surface area contributed by atoms with Gasteiger partial charge in [-0.05, 0) is 176 Å². The first-order valence-electron chi connectivity index (χ1n) is 29.4. The van der Waals surface area contributed by atoms with Crippen LogP contribution in [-0.4, -0.2) is 105 Å². The minimum atomic E-state index is -3.68. The van der Waals surface area contributed by atoms with Crippen LogP contribution in [0.5, 0.6) is 0 Å². The first kappa shape index (κ1) is 68.0. The van der Waals surface area contributed by atoms with Gasteiger partial charge in [-0.3, -0.25) is 9.59 Å². The summed E-state index contributed by atoms with van der Waals surface area (Å²) in [6.45, 7) is 13.1. The largest absolute Gasteiger partial charge is 0.618 e. The minimum absolute atomic E-state index is 0.0532. The van der Waals surface area contributed by atoms with Crippen LogP contribution in [0.25, 0.3) is 0 Å². The molecule has 2 aromatic heterocycles. The van der Waals surface area contributed by atoms with Gasteiger partial charge in [-0.15, -0.1) is 0 Å². The van der Waals surface area contributed by atoms with Crippen LogP contribution in [0.15, 0.2) is 134 Å². The van der Waals surface area contributed by atoms with Crippen LogP contribution in [0.1, 0.15) is 160 Å². The fourth-order valence-electron chi connectivity index (χ4n) is 11.7. The second kappa shape index (κ2) is 26.0. The molecule has 4 aromatic carbocycles. The molecule has 8 atom stereocenters. The molecular weight excluding hydrogens is 1280 g/mol. The highest BCUT2D eigenvalue weighted by Gasteiger charge is 2.59. The summed E-state index contributed by atoms with van der Waals surface area (Å²) in [6, 6.07) is 30.7. The van der Waals surface area contributed by atoms with Gasteiger partial charge in [-0.2, -0.15) is 9.46 Å². The minimum Gasteiger partial charge on any atom is -0.618 e. The van der Waals surface area contributed by atoms with Crippen LogP contribution in [0.2, 0.25) is 20.1 Å². The first-order valence-corrected chi connectivity index (χ1v) is 34.2. The molecule has 24 heteroatoms. The number of benzene rings is 4. The quantitative estimate of drug-likeness (QED) is 0.0599. The van der Waals surface area contributed by atoms with Crippen molar-refractivity contribution < 1.29 is 65.2 Å². The fraction of sp³-hybridized carbons (Fsp3) is 0.424. The highest BCUT2D eigenvalue weighted by molar-refractivity contribution is 7.93. The number of pyridine rings is 2. The molecule has 0 spiro atoms. The number of halogens is 4. The summed E-state index contributed by atoms with van der Waals surface area (Å²) in [6.07, 6.45) is 2.92. The van der Waals surface area contributed by atoms with E-state index in [-0.39, 0.29) is 58.7 Å². The van der Waals surface area contributed by atoms with E-state index < -0.39 is 100 Å². The highest BCUT2D eigenvalue weighted by Crippen LogP contribution is 2.53. The summed E-state index contributed by atoms with van der Waals surface area (Å²) in [5.74, 6) is -4.05. The topological polar surface area (TPSA) is 256 Å². The van der Waals surface area contributed by atoms with Crippen LogP contribution in [0.4, 0.5) is 0 Å². The monoisotopic (exact) mass is 1350 g/mol. The molecule has 0 radical (unpaired) electrons. The number of hydrogen-bond donors (Lipinski definition) is 2. The van der Waals surface area contributed by atoms with E-state index in [1.54, 1.807) is 150 Å². The lowest BCUT2D eigenvalue weighted by molar-refractivity contribution is -0.615. The molecule has 2 amide bonds. The summed E-state index contributed by atoms with van der Waals surface area (Å²) < 4.78 is 67.1. The molecule has 4 aliphatic rings. The lowest BCUT2D eigenvalue weighted by Gasteiger charge is -2.52. The van der Waals surface area contributed by atoms with Crippen molar-refractivity contribution in [3.8, 4) is 0 Å². The van der Waals surface area contributed by atoms with Crippen molar-refractivity contribution >= 4 is 89.8 Å². The average Bonchev–Trinajstić information content (AvgIpc) is 0.876. The Labute approximate surface area is 544 Å². The zero-order valence-electron chi connectivity index (χ0n) is 50.9. The Morgan fingerprint density at radius 1 is 0.544 bits per heavy atom. The van der Waals surface area contributed by atoms with Crippen molar-refractivity contribution in [3.63, 3.8) is 0 Å². The molecule has 0 bridgehead atoms. The van der Waals surface area contributed by atoms with Crippen molar-refractivity contribution in [1.29, 1.82) is 0 Å². The van der Waals surface area contributed by atoms with Crippen molar-refractivity contribution in [3.05, 3.63) is 209 Å². The number of rotatable bonds is 18. The van der Waals surface area contributed by atoms with E-state index in [0.717, 1.165) is 38.1 Å². The second-order valence-electron chi connectivity index (χ2n) is 26.1. The zero-order valence-corrected chi connectivity index (χ0v) is 55.5. The summed E-state index contributed by atoms with van der Waals surface area (Å²) >= 11 is 25.4. The van der Waals surface area contributed by atoms with E-state index >= 15 is 0 Å². The predicted octanol–water partition coefficient (Wildman–Crippen LogP) is 11.9. The van der Waals surface area contributed by atoms with Gasteiger partial charge in [-0.1, -0.05) is 94.9 Å².